The molecule has 24 heteroatoms. The van der Waals surface area contributed by atoms with E-state index in [9.17, 15) is 68.1 Å². The van der Waals surface area contributed by atoms with Gasteiger partial charge in [0, 0.05) is 12.8 Å². The third-order valence-electron chi connectivity index (χ3n) is 8.18. The van der Waals surface area contributed by atoms with Crippen LogP contribution in [0.1, 0.15) is 72.6 Å². The number of aliphatic carboxylic acids is 4. The maximum Gasteiger partial charge on any atom is 0.326 e. The molecule has 0 heterocycles. The number of hydrogen-bond donors (Lipinski definition) is 13. The Labute approximate surface area is 320 Å². The van der Waals surface area contributed by atoms with Crippen LogP contribution in [0.4, 0.5) is 0 Å². The van der Waals surface area contributed by atoms with E-state index in [4.69, 9.17) is 21.7 Å². The van der Waals surface area contributed by atoms with Crippen molar-refractivity contribution >= 4 is 65.2 Å². The molecule has 7 amide bonds. The van der Waals surface area contributed by atoms with Crippen molar-refractivity contribution in [2.45, 2.75) is 115 Å². The SMILES string of the molecule is CC[C@H](C)[C@H](NC(=O)[C@H](CC(N)=O)NC(=O)[C@H](CCC(=O)O)NC(=O)[C@@H](N)CCC(=O)O)C(=O)N[C@@H](CC(=O)O)C(=O)N[C@@H](CO)C(=O)N[C@H](C(=O)O)C(C)C. The summed E-state index contributed by atoms with van der Waals surface area (Å²) in [6, 6.07) is -11.7. The summed E-state index contributed by atoms with van der Waals surface area (Å²) in [5.74, 6) is -15.3. The highest BCUT2D eigenvalue weighted by molar-refractivity contribution is 5.99. The Morgan fingerprint density at radius 3 is 1.43 bits per heavy atom. The van der Waals surface area contributed by atoms with Crippen LogP contribution in [0, 0.1) is 11.8 Å². The van der Waals surface area contributed by atoms with Gasteiger partial charge >= 0.3 is 23.9 Å². The number of aliphatic hydroxyl groups excluding tert-OH is 1. The monoisotopic (exact) mass is 804 g/mol. The fourth-order valence-electron chi connectivity index (χ4n) is 4.74. The smallest absolute Gasteiger partial charge is 0.326 e. The zero-order valence-electron chi connectivity index (χ0n) is 31.2. The topological polar surface area (TPSA) is 413 Å². The van der Waals surface area contributed by atoms with Crippen molar-refractivity contribution < 1.29 is 78.3 Å². The van der Waals surface area contributed by atoms with Crippen molar-refractivity contribution in [1.29, 1.82) is 0 Å². The minimum atomic E-state index is -1.94. The Morgan fingerprint density at radius 2 is 0.964 bits per heavy atom. The molecule has 0 unspecified atom stereocenters. The van der Waals surface area contributed by atoms with E-state index in [2.05, 4.69) is 26.6 Å². The highest BCUT2D eigenvalue weighted by Gasteiger charge is 2.36. The summed E-state index contributed by atoms with van der Waals surface area (Å²) in [5, 5.41) is 59.5. The van der Waals surface area contributed by atoms with Crippen LogP contribution < -0.4 is 43.4 Å². The van der Waals surface area contributed by atoms with Crippen LogP contribution in [0.3, 0.4) is 0 Å². The van der Waals surface area contributed by atoms with Crippen molar-refractivity contribution in [3.63, 3.8) is 0 Å². The fraction of sp³-hybridized carbons (Fsp3) is 0.656. The summed E-state index contributed by atoms with van der Waals surface area (Å²) >= 11 is 0. The molecule has 0 saturated carbocycles. The molecule has 0 fully saturated rings. The highest BCUT2D eigenvalue weighted by Crippen LogP contribution is 2.11. The fourth-order valence-corrected chi connectivity index (χ4v) is 4.74. The van der Waals surface area contributed by atoms with E-state index in [1.165, 1.54) is 20.8 Å². The molecule has 0 aliphatic carbocycles. The number of nitrogens with two attached hydrogens (primary N) is 2. The van der Waals surface area contributed by atoms with Gasteiger partial charge in [0.2, 0.25) is 41.4 Å². The predicted molar refractivity (Wildman–Crippen MR) is 188 cm³/mol. The second kappa shape index (κ2) is 24.5. The van der Waals surface area contributed by atoms with Gasteiger partial charge in [0.05, 0.1) is 25.5 Å². The van der Waals surface area contributed by atoms with Gasteiger partial charge in [-0.3, -0.25) is 47.9 Å². The Bertz CT molecular complexity index is 1470. The predicted octanol–water partition coefficient (Wildman–Crippen LogP) is -4.92. The molecule has 8 atom stereocenters. The second-order valence-electron chi connectivity index (χ2n) is 13.1. The molecule has 0 radical (unpaired) electrons. The number of aliphatic hydroxyl groups is 1. The molecule has 15 N–H and O–H groups in total. The Balaban J connectivity index is 6.30. The van der Waals surface area contributed by atoms with E-state index < -0.39 is 158 Å². The molecular weight excluding hydrogens is 752 g/mol. The van der Waals surface area contributed by atoms with Gasteiger partial charge in [-0.05, 0) is 24.7 Å². The van der Waals surface area contributed by atoms with E-state index in [1.54, 1.807) is 6.92 Å². The van der Waals surface area contributed by atoms with Crippen molar-refractivity contribution in [1.82, 2.24) is 31.9 Å². The molecule has 316 valence electrons. The minimum absolute atomic E-state index is 0.166. The lowest BCUT2D eigenvalue weighted by Crippen LogP contribution is -2.61. The summed E-state index contributed by atoms with van der Waals surface area (Å²) in [6.07, 6.45) is -3.89. The first kappa shape index (κ1) is 50.1. The number of carboxylic acids is 4. The normalized spacial score (nSPS) is 15.2. The van der Waals surface area contributed by atoms with Crippen molar-refractivity contribution in [3.8, 4) is 0 Å². The maximum absolute atomic E-state index is 13.5. The van der Waals surface area contributed by atoms with Gasteiger partial charge < -0.3 is 68.9 Å². The Kier molecular flexibility index (Phi) is 21.9. The van der Waals surface area contributed by atoms with E-state index in [-0.39, 0.29) is 12.8 Å². The number of amides is 7. The van der Waals surface area contributed by atoms with Crippen molar-refractivity contribution in [2.24, 2.45) is 23.3 Å². The second-order valence-corrected chi connectivity index (χ2v) is 13.1. The van der Waals surface area contributed by atoms with Crippen LogP contribution in [0.25, 0.3) is 0 Å². The Hall–Kier alpha value is -5.91. The van der Waals surface area contributed by atoms with Crippen LogP contribution in [0.2, 0.25) is 0 Å². The Morgan fingerprint density at radius 1 is 0.536 bits per heavy atom. The van der Waals surface area contributed by atoms with E-state index in [0.29, 0.717) is 0 Å². The number of carboxylic acid groups (broad SMARTS) is 4. The molecular formula is C32H52N8O16. The largest absolute Gasteiger partial charge is 0.481 e. The number of carbonyl (C=O) groups is 11. The quantitative estimate of drug-likeness (QED) is 0.0370. The molecule has 0 saturated heterocycles. The number of rotatable bonds is 27. The molecule has 0 bridgehead atoms. The van der Waals surface area contributed by atoms with Gasteiger partial charge in [0.1, 0.15) is 36.3 Å². The summed E-state index contributed by atoms with van der Waals surface area (Å²) < 4.78 is 0. The zero-order chi connectivity index (χ0) is 43.4. The molecule has 0 aliphatic rings. The van der Waals surface area contributed by atoms with E-state index >= 15 is 0 Å². The summed E-state index contributed by atoms with van der Waals surface area (Å²) in [4.78, 5) is 136. The number of nitrogens with one attached hydrogen (secondary N) is 6. The molecule has 0 spiro atoms. The number of primary amides is 1. The lowest BCUT2D eigenvalue weighted by Gasteiger charge is -2.29. The van der Waals surface area contributed by atoms with Crippen molar-refractivity contribution in [2.75, 3.05) is 6.61 Å². The first-order valence-corrected chi connectivity index (χ1v) is 17.3. The van der Waals surface area contributed by atoms with Gasteiger partial charge in [-0.2, -0.15) is 0 Å². The van der Waals surface area contributed by atoms with Crippen LogP contribution in [-0.2, 0) is 52.7 Å². The van der Waals surface area contributed by atoms with Crippen LogP contribution in [-0.4, -0.2) is 140 Å². The standard InChI is InChI=1S/C32H52N8O16/c1-5-14(4)25(31(54)37-18(11-23(47)48)28(51)38-19(12-41)30(53)39-24(13(2)3)32(55)56)40-29(52)17(10-20(34)42)36-27(50)16(7-9-22(45)46)35-26(49)15(33)6-8-21(43)44/h13-19,24-25,41H,5-12,33H2,1-4H3,(H2,34,42)(H,35,49)(H,36,50)(H,37,54)(H,38,51)(H,39,53)(H,40,52)(H,43,44)(H,45,46)(H,47,48)(H,55,56)/t14-,15-,16-,17-,18-,19-,24-,25-/m0/s1. The molecule has 0 aromatic heterocycles. The molecule has 24 nitrogen and oxygen atoms in total. The first-order chi connectivity index (χ1) is 25.9. The van der Waals surface area contributed by atoms with Gasteiger partial charge in [0.25, 0.3) is 0 Å². The third-order valence-corrected chi connectivity index (χ3v) is 8.18. The summed E-state index contributed by atoms with van der Waals surface area (Å²) in [7, 11) is 0. The average Bonchev–Trinajstić information content (AvgIpc) is 3.09. The summed E-state index contributed by atoms with van der Waals surface area (Å²) in [5.41, 5.74) is 11.0. The summed E-state index contributed by atoms with van der Waals surface area (Å²) in [6.45, 7) is 4.94. The minimum Gasteiger partial charge on any atom is -0.481 e. The van der Waals surface area contributed by atoms with Crippen LogP contribution >= 0.6 is 0 Å². The molecule has 0 aliphatic heterocycles. The molecule has 0 aromatic rings. The molecule has 0 rings (SSSR count). The molecule has 0 aromatic carbocycles. The van der Waals surface area contributed by atoms with Crippen LogP contribution in [0.15, 0.2) is 0 Å². The third kappa shape index (κ3) is 18.4. The van der Waals surface area contributed by atoms with Gasteiger partial charge in [0.15, 0.2) is 0 Å². The van der Waals surface area contributed by atoms with Gasteiger partial charge in [-0.1, -0.05) is 34.1 Å². The molecule has 56 heavy (non-hydrogen) atoms. The van der Waals surface area contributed by atoms with Gasteiger partial charge in [-0.15, -0.1) is 0 Å². The lowest BCUT2D eigenvalue weighted by atomic mass is 9.97. The average molecular weight is 805 g/mol. The maximum atomic E-state index is 13.5. The van der Waals surface area contributed by atoms with E-state index in [1.807, 2.05) is 5.32 Å². The van der Waals surface area contributed by atoms with Crippen molar-refractivity contribution in [3.05, 3.63) is 0 Å². The lowest BCUT2D eigenvalue weighted by molar-refractivity contribution is -0.144. The number of hydrogen-bond acceptors (Lipinski definition) is 13. The van der Waals surface area contributed by atoms with E-state index in [0.717, 1.165) is 0 Å². The van der Waals surface area contributed by atoms with Crippen LogP contribution in [0.5, 0.6) is 0 Å². The highest BCUT2D eigenvalue weighted by atomic mass is 16.4. The number of carbonyl (C=O) groups excluding carboxylic acids is 7. The zero-order valence-corrected chi connectivity index (χ0v) is 31.2. The van der Waals surface area contributed by atoms with Gasteiger partial charge in [-0.25, -0.2) is 4.79 Å². The first-order valence-electron chi connectivity index (χ1n) is 17.3.